The maximum absolute atomic E-state index is 6.19. The molecule has 17 heavy (non-hydrogen) atoms. The molecule has 0 fully saturated rings. The Morgan fingerprint density at radius 3 is 2.12 bits per heavy atom. The largest absolute Gasteiger partial charge is 0.398 e. The minimum atomic E-state index is -1.63. The third-order valence-electron chi connectivity index (χ3n) is 3.72. The van der Waals surface area contributed by atoms with Crippen molar-refractivity contribution in [3.8, 4) is 0 Å². The number of hydrogen-bond donors (Lipinski definition) is 0. The van der Waals surface area contributed by atoms with Gasteiger partial charge in [-0.25, -0.2) is 0 Å². The van der Waals surface area contributed by atoms with E-state index >= 15 is 0 Å². The second kappa shape index (κ2) is 7.07. The maximum atomic E-state index is 6.19. The predicted octanol–water partition coefficient (Wildman–Crippen LogP) is 4.21. The normalized spacial score (nSPS) is 13.8. The average molecular weight is 275 g/mol. The standard InChI is InChI=1S/C13H32NOSi2/c1-9-10-11-14(16(5)6)12-15-17(7,8)13(2,3)4/h12,16H,9-11H2,1-8H3. The summed E-state index contributed by atoms with van der Waals surface area (Å²) in [6, 6.07) is 0. The second-order valence-corrected chi connectivity index (χ2v) is 14.3. The summed E-state index contributed by atoms with van der Waals surface area (Å²) in [6.07, 6.45) is 2.52. The first kappa shape index (κ1) is 17.4. The summed E-state index contributed by atoms with van der Waals surface area (Å²) in [4.78, 5) is 0. The molecule has 0 rings (SSSR count). The Morgan fingerprint density at radius 2 is 1.76 bits per heavy atom. The molecular formula is C13H32NOSi2. The van der Waals surface area contributed by atoms with Crippen molar-refractivity contribution < 1.29 is 4.43 Å². The van der Waals surface area contributed by atoms with Crippen molar-refractivity contribution >= 4 is 17.3 Å². The Hall–Kier alpha value is 0.354. The molecule has 0 bridgehead atoms. The van der Waals surface area contributed by atoms with E-state index in [1.807, 2.05) is 0 Å². The molecule has 1 radical (unpaired) electrons. The van der Waals surface area contributed by atoms with E-state index in [-0.39, 0.29) is 0 Å². The minimum Gasteiger partial charge on any atom is -0.398 e. The summed E-state index contributed by atoms with van der Waals surface area (Å²) in [5.74, 6) is 0. The van der Waals surface area contributed by atoms with Crippen molar-refractivity contribution in [1.29, 1.82) is 0 Å². The first-order valence-electron chi connectivity index (χ1n) is 6.88. The Morgan fingerprint density at radius 1 is 1.24 bits per heavy atom. The Kier molecular flexibility index (Phi) is 7.22. The van der Waals surface area contributed by atoms with Crippen LogP contribution in [0.3, 0.4) is 0 Å². The van der Waals surface area contributed by atoms with Crippen molar-refractivity contribution in [2.24, 2.45) is 0 Å². The van der Waals surface area contributed by atoms with Gasteiger partial charge in [0.25, 0.3) is 0 Å². The van der Waals surface area contributed by atoms with Gasteiger partial charge in [-0.3, -0.25) is 0 Å². The van der Waals surface area contributed by atoms with E-state index < -0.39 is 17.3 Å². The summed E-state index contributed by atoms with van der Waals surface area (Å²) < 4.78 is 8.65. The summed E-state index contributed by atoms with van der Waals surface area (Å²) in [6.45, 7) is 21.7. The minimum absolute atomic E-state index is 0.290. The molecule has 0 atom stereocenters. The maximum Gasteiger partial charge on any atom is 0.194 e. The van der Waals surface area contributed by atoms with E-state index in [0.29, 0.717) is 5.04 Å². The molecule has 0 amide bonds. The van der Waals surface area contributed by atoms with Crippen LogP contribution in [0.5, 0.6) is 0 Å². The zero-order chi connectivity index (χ0) is 13.7. The van der Waals surface area contributed by atoms with Gasteiger partial charge in [0.1, 0.15) is 15.7 Å². The van der Waals surface area contributed by atoms with Crippen LogP contribution in [0, 0.1) is 6.73 Å². The summed E-state index contributed by atoms with van der Waals surface area (Å²) >= 11 is 0. The van der Waals surface area contributed by atoms with Gasteiger partial charge in [-0.2, -0.15) is 0 Å². The molecule has 0 aromatic rings. The number of unbranched alkanes of at least 4 members (excludes halogenated alkanes) is 1. The number of rotatable bonds is 7. The van der Waals surface area contributed by atoms with Gasteiger partial charge in [0.15, 0.2) is 8.32 Å². The van der Waals surface area contributed by atoms with Gasteiger partial charge in [-0.15, -0.1) is 0 Å². The van der Waals surface area contributed by atoms with Gasteiger partial charge >= 0.3 is 0 Å². The zero-order valence-electron chi connectivity index (χ0n) is 13.1. The fourth-order valence-corrected chi connectivity index (χ4v) is 3.03. The van der Waals surface area contributed by atoms with Gasteiger partial charge in [0.2, 0.25) is 0 Å². The van der Waals surface area contributed by atoms with Crippen LogP contribution in [0.25, 0.3) is 0 Å². The fourth-order valence-electron chi connectivity index (χ4n) is 1.15. The highest BCUT2D eigenvalue weighted by Crippen LogP contribution is 2.37. The van der Waals surface area contributed by atoms with E-state index in [9.17, 15) is 0 Å². The molecule has 0 saturated carbocycles. The van der Waals surface area contributed by atoms with Crippen LogP contribution in [0.4, 0.5) is 0 Å². The summed E-state index contributed by atoms with van der Waals surface area (Å²) in [5, 5.41) is 0.290. The molecule has 0 aliphatic rings. The molecule has 0 N–H and O–H groups in total. The van der Waals surface area contributed by atoms with E-state index in [1.165, 1.54) is 12.8 Å². The smallest absolute Gasteiger partial charge is 0.194 e. The molecule has 0 aliphatic heterocycles. The van der Waals surface area contributed by atoms with Crippen molar-refractivity contribution in [3.05, 3.63) is 6.73 Å². The molecule has 0 heterocycles. The second-order valence-electron chi connectivity index (χ2n) is 6.67. The van der Waals surface area contributed by atoms with Gasteiger partial charge in [-0.1, -0.05) is 47.2 Å². The lowest BCUT2D eigenvalue weighted by Gasteiger charge is -2.38. The van der Waals surface area contributed by atoms with Gasteiger partial charge in [0.05, 0.1) is 0 Å². The first-order chi connectivity index (χ1) is 7.62. The highest BCUT2D eigenvalue weighted by molar-refractivity contribution is 6.74. The van der Waals surface area contributed by atoms with Gasteiger partial charge < -0.3 is 8.99 Å². The third-order valence-corrected chi connectivity index (χ3v) is 9.74. The van der Waals surface area contributed by atoms with Crippen LogP contribution in [0.1, 0.15) is 40.5 Å². The van der Waals surface area contributed by atoms with E-state index in [4.69, 9.17) is 4.43 Å². The highest BCUT2D eigenvalue weighted by Gasteiger charge is 2.37. The Labute approximate surface area is 112 Å². The van der Waals surface area contributed by atoms with Crippen LogP contribution in [0.2, 0.25) is 31.2 Å². The number of hydrogen-bond acceptors (Lipinski definition) is 2. The van der Waals surface area contributed by atoms with Crippen molar-refractivity contribution in [2.45, 2.75) is 71.8 Å². The molecule has 0 aromatic heterocycles. The highest BCUT2D eigenvalue weighted by atomic mass is 28.4. The molecule has 0 spiro atoms. The molecule has 4 heteroatoms. The Bertz CT molecular complexity index is 212. The van der Waals surface area contributed by atoms with Crippen molar-refractivity contribution in [3.63, 3.8) is 0 Å². The molecule has 0 unspecified atom stereocenters. The molecule has 2 nitrogen and oxygen atoms in total. The first-order valence-corrected chi connectivity index (χ1v) is 12.6. The van der Waals surface area contributed by atoms with Crippen LogP contribution >= 0.6 is 0 Å². The molecule has 0 aliphatic carbocycles. The third kappa shape index (κ3) is 6.18. The van der Waals surface area contributed by atoms with E-state index in [0.717, 1.165) is 6.54 Å². The molecular weight excluding hydrogens is 242 g/mol. The van der Waals surface area contributed by atoms with Crippen LogP contribution in [-0.2, 0) is 4.43 Å². The van der Waals surface area contributed by atoms with Crippen LogP contribution in [0.15, 0.2) is 0 Å². The SMILES string of the molecule is CCCCN([CH]O[Si](C)(C)C(C)(C)C)[SiH](C)C. The fraction of sp³-hybridized carbons (Fsp3) is 0.923. The lowest BCUT2D eigenvalue weighted by atomic mass is 10.2. The molecule has 0 saturated heterocycles. The van der Waals surface area contributed by atoms with E-state index in [2.05, 4.69) is 65.2 Å². The molecule has 0 aromatic carbocycles. The lowest BCUT2D eigenvalue weighted by molar-refractivity contribution is 0.261. The number of nitrogens with zero attached hydrogens (tertiary/aromatic N) is 1. The Balaban J connectivity index is 4.30. The average Bonchev–Trinajstić information content (AvgIpc) is 2.15. The summed E-state index contributed by atoms with van der Waals surface area (Å²) in [5.41, 5.74) is 0. The summed E-state index contributed by atoms with van der Waals surface area (Å²) in [7, 11) is -2.41. The van der Waals surface area contributed by atoms with Crippen molar-refractivity contribution in [2.75, 3.05) is 6.54 Å². The van der Waals surface area contributed by atoms with Crippen LogP contribution in [-0.4, -0.2) is 28.4 Å². The zero-order valence-corrected chi connectivity index (χ0v) is 15.3. The van der Waals surface area contributed by atoms with Crippen molar-refractivity contribution in [1.82, 2.24) is 4.57 Å². The van der Waals surface area contributed by atoms with Crippen LogP contribution < -0.4 is 0 Å². The topological polar surface area (TPSA) is 12.5 Å². The van der Waals surface area contributed by atoms with E-state index in [1.54, 1.807) is 0 Å². The quantitative estimate of drug-likeness (QED) is 0.645. The van der Waals surface area contributed by atoms with Gasteiger partial charge in [0, 0.05) is 0 Å². The lowest BCUT2D eigenvalue weighted by Crippen LogP contribution is -2.44. The molecule has 103 valence electrons. The monoisotopic (exact) mass is 274 g/mol. The van der Waals surface area contributed by atoms with Gasteiger partial charge in [-0.05, 0) is 31.1 Å². The predicted molar refractivity (Wildman–Crippen MR) is 83.1 cm³/mol.